The predicted molar refractivity (Wildman–Crippen MR) is 146 cm³/mol. The third-order valence-electron chi connectivity index (χ3n) is 5.15. The molecule has 34 heavy (non-hydrogen) atoms. The molecule has 0 saturated carbocycles. The first kappa shape index (κ1) is 28.7. The molecule has 0 fully saturated rings. The van der Waals surface area contributed by atoms with Crippen molar-refractivity contribution in [3.05, 3.63) is 61.6 Å². The summed E-state index contributed by atoms with van der Waals surface area (Å²) in [6.07, 6.45) is 2.76. The zero-order valence-corrected chi connectivity index (χ0v) is 23.7. The van der Waals surface area contributed by atoms with Gasteiger partial charge >= 0.3 is 0 Å². The fourth-order valence-corrected chi connectivity index (χ4v) is 4.85. The number of nitrogens with one attached hydrogen (secondary N) is 1. The van der Waals surface area contributed by atoms with E-state index in [1.54, 1.807) is 49.4 Å². The van der Waals surface area contributed by atoms with Crippen molar-refractivity contribution in [2.45, 2.75) is 39.3 Å². The smallest absolute Gasteiger partial charge is 0.244 e. The molecule has 0 aliphatic carbocycles. The van der Waals surface area contributed by atoms with Gasteiger partial charge in [-0.2, -0.15) is 0 Å². The van der Waals surface area contributed by atoms with Gasteiger partial charge in [-0.25, -0.2) is 8.42 Å². The van der Waals surface area contributed by atoms with Crippen LogP contribution < -0.4 is 9.62 Å². The van der Waals surface area contributed by atoms with Gasteiger partial charge in [-0.3, -0.25) is 13.9 Å². The third-order valence-corrected chi connectivity index (χ3v) is 7.59. The van der Waals surface area contributed by atoms with E-state index in [0.717, 1.165) is 27.0 Å². The molecule has 2 aromatic carbocycles. The molecule has 0 saturated heterocycles. The van der Waals surface area contributed by atoms with Crippen molar-refractivity contribution in [1.82, 2.24) is 10.2 Å². The lowest BCUT2D eigenvalue weighted by atomic mass is 10.1. The molecular formula is C23H28Cl2IN3O4S. The largest absolute Gasteiger partial charge is 0.354 e. The minimum Gasteiger partial charge on any atom is -0.354 e. The molecule has 1 N–H and O–H groups in total. The van der Waals surface area contributed by atoms with Crippen molar-refractivity contribution >= 4 is 73.3 Å². The molecule has 0 aromatic heterocycles. The van der Waals surface area contributed by atoms with Gasteiger partial charge in [-0.05, 0) is 77.9 Å². The number of anilines is 1. The number of benzene rings is 2. The Morgan fingerprint density at radius 3 is 2.32 bits per heavy atom. The minimum atomic E-state index is -3.77. The van der Waals surface area contributed by atoms with E-state index in [-0.39, 0.29) is 12.5 Å². The zero-order chi connectivity index (χ0) is 25.5. The fourth-order valence-electron chi connectivity index (χ4n) is 3.17. The number of hydrogen-bond donors (Lipinski definition) is 1. The Hall–Kier alpha value is -1.56. The van der Waals surface area contributed by atoms with Gasteiger partial charge in [-0.15, -0.1) is 0 Å². The maximum absolute atomic E-state index is 13.5. The number of rotatable bonds is 11. The van der Waals surface area contributed by atoms with Crippen molar-refractivity contribution < 1.29 is 18.0 Å². The standard InChI is InChI=1S/C23H28Cl2IN3O4S/c1-4-5-12-27-23(31)16(2)28(14-17-6-7-18(24)13-21(17)25)22(30)15-29(34(3,32)33)20-10-8-19(26)9-11-20/h6-11,13,16H,4-5,12,14-15H2,1-3H3,(H,27,31)/t16-/m0/s1. The predicted octanol–water partition coefficient (Wildman–Crippen LogP) is 4.70. The summed E-state index contributed by atoms with van der Waals surface area (Å²) >= 11 is 14.4. The van der Waals surface area contributed by atoms with E-state index in [9.17, 15) is 18.0 Å². The first-order valence-corrected chi connectivity index (χ1v) is 14.4. The van der Waals surface area contributed by atoms with Crippen LogP contribution in [0.1, 0.15) is 32.3 Å². The van der Waals surface area contributed by atoms with Crippen molar-refractivity contribution in [2.75, 3.05) is 23.7 Å². The Morgan fingerprint density at radius 1 is 1.12 bits per heavy atom. The lowest BCUT2D eigenvalue weighted by Gasteiger charge is -2.31. The number of unbranched alkanes of at least 4 members (excludes halogenated alkanes) is 1. The van der Waals surface area contributed by atoms with Crippen LogP contribution in [0.2, 0.25) is 10.0 Å². The minimum absolute atomic E-state index is 0.0154. The summed E-state index contributed by atoms with van der Waals surface area (Å²) in [4.78, 5) is 27.6. The molecule has 1 atom stereocenters. The summed E-state index contributed by atoms with van der Waals surface area (Å²) in [6, 6.07) is 10.8. The summed E-state index contributed by atoms with van der Waals surface area (Å²) in [6.45, 7) is 3.66. The van der Waals surface area contributed by atoms with Gasteiger partial charge in [0.25, 0.3) is 0 Å². The van der Waals surface area contributed by atoms with Crippen LogP contribution in [0, 0.1) is 3.57 Å². The molecule has 0 aliphatic heterocycles. The molecular weight excluding hydrogens is 612 g/mol. The van der Waals surface area contributed by atoms with Crippen molar-refractivity contribution in [3.63, 3.8) is 0 Å². The van der Waals surface area contributed by atoms with Crippen molar-refractivity contribution in [1.29, 1.82) is 0 Å². The highest BCUT2D eigenvalue weighted by molar-refractivity contribution is 14.1. The average Bonchev–Trinajstić information content (AvgIpc) is 2.76. The van der Waals surface area contributed by atoms with Gasteiger partial charge in [0, 0.05) is 26.7 Å². The molecule has 0 unspecified atom stereocenters. The van der Waals surface area contributed by atoms with Gasteiger partial charge in [0.2, 0.25) is 21.8 Å². The van der Waals surface area contributed by atoms with Crippen LogP contribution in [0.5, 0.6) is 0 Å². The lowest BCUT2D eigenvalue weighted by molar-refractivity contribution is -0.139. The Kier molecular flexibility index (Phi) is 10.9. The summed E-state index contributed by atoms with van der Waals surface area (Å²) < 4.78 is 27.0. The Bertz CT molecular complexity index is 1110. The van der Waals surface area contributed by atoms with Crippen molar-refractivity contribution in [3.8, 4) is 0 Å². The van der Waals surface area contributed by atoms with Crippen LogP contribution in [0.25, 0.3) is 0 Å². The SMILES string of the molecule is CCCCNC(=O)[C@H](C)N(Cc1ccc(Cl)cc1Cl)C(=O)CN(c1ccc(I)cc1)S(C)(=O)=O. The zero-order valence-electron chi connectivity index (χ0n) is 19.2. The van der Waals surface area contributed by atoms with Gasteiger partial charge < -0.3 is 10.2 Å². The molecule has 2 rings (SSSR count). The van der Waals surface area contributed by atoms with Crippen LogP contribution in [-0.2, 0) is 26.2 Å². The summed E-state index contributed by atoms with van der Waals surface area (Å²) in [7, 11) is -3.77. The highest BCUT2D eigenvalue weighted by atomic mass is 127. The maximum atomic E-state index is 13.5. The van der Waals surface area contributed by atoms with E-state index in [0.29, 0.717) is 27.8 Å². The van der Waals surface area contributed by atoms with Crippen LogP contribution in [0.3, 0.4) is 0 Å². The Balaban J connectivity index is 2.37. The van der Waals surface area contributed by atoms with E-state index in [1.165, 1.54) is 4.90 Å². The monoisotopic (exact) mass is 639 g/mol. The molecule has 7 nitrogen and oxygen atoms in total. The molecule has 11 heteroatoms. The van der Waals surface area contributed by atoms with E-state index in [2.05, 4.69) is 27.9 Å². The van der Waals surface area contributed by atoms with Gasteiger partial charge in [0.1, 0.15) is 12.6 Å². The molecule has 2 aromatic rings. The van der Waals surface area contributed by atoms with E-state index < -0.39 is 28.5 Å². The van der Waals surface area contributed by atoms with Crippen molar-refractivity contribution in [2.24, 2.45) is 0 Å². The van der Waals surface area contributed by atoms with E-state index in [4.69, 9.17) is 23.2 Å². The van der Waals surface area contributed by atoms with Crippen LogP contribution in [-0.4, -0.2) is 50.5 Å². The summed E-state index contributed by atoms with van der Waals surface area (Å²) in [5.41, 5.74) is 0.952. The second-order valence-electron chi connectivity index (χ2n) is 7.82. The van der Waals surface area contributed by atoms with Crippen LogP contribution >= 0.6 is 45.8 Å². The number of carbonyl (C=O) groups is 2. The van der Waals surface area contributed by atoms with Gasteiger partial charge in [-0.1, -0.05) is 42.6 Å². The summed E-state index contributed by atoms with van der Waals surface area (Å²) in [5.74, 6) is -0.861. The number of hydrogen-bond acceptors (Lipinski definition) is 4. The quantitative estimate of drug-likeness (QED) is 0.285. The number of carbonyl (C=O) groups excluding carboxylic acids is 2. The van der Waals surface area contributed by atoms with E-state index >= 15 is 0 Å². The lowest BCUT2D eigenvalue weighted by Crippen LogP contribution is -2.51. The van der Waals surface area contributed by atoms with Crippen LogP contribution in [0.15, 0.2) is 42.5 Å². The first-order valence-electron chi connectivity index (χ1n) is 10.7. The normalized spacial score (nSPS) is 12.2. The van der Waals surface area contributed by atoms with Gasteiger partial charge in [0.15, 0.2) is 0 Å². The molecule has 0 radical (unpaired) electrons. The number of sulfonamides is 1. The summed E-state index contributed by atoms with van der Waals surface area (Å²) in [5, 5.41) is 3.62. The molecule has 2 amide bonds. The topological polar surface area (TPSA) is 86.8 Å². The van der Waals surface area contributed by atoms with Gasteiger partial charge in [0.05, 0.1) is 11.9 Å². The third kappa shape index (κ3) is 8.28. The van der Waals surface area contributed by atoms with E-state index in [1.807, 2.05) is 6.92 Å². The molecule has 0 spiro atoms. The maximum Gasteiger partial charge on any atom is 0.244 e. The Labute approximate surface area is 225 Å². The number of halogens is 3. The average molecular weight is 640 g/mol. The number of nitrogens with zero attached hydrogens (tertiary/aromatic N) is 2. The molecule has 0 aliphatic rings. The Morgan fingerprint density at radius 2 is 1.76 bits per heavy atom. The highest BCUT2D eigenvalue weighted by Crippen LogP contribution is 2.24. The first-order chi connectivity index (χ1) is 15.9. The molecule has 186 valence electrons. The van der Waals surface area contributed by atoms with Crippen LogP contribution in [0.4, 0.5) is 5.69 Å². The number of amides is 2. The molecule has 0 bridgehead atoms. The highest BCUT2D eigenvalue weighted by Gasteiger charge is 2.30. The second kappa shape index (κ2) is 12.9. The fraction of sp³-hybridized carbons (Fsp3) is 0.391. The second-order valence-corrected chi connectivity index (χ2v) is 11.8. The molecule has 0 heterocycles.